The fourth-order valence-electron chi connectivity index (χ4n) is 5.46. The number of carbonyl (C=O) groups excluding carboxylic acids is 3. The number of fused-ring (bicyclic) bond motifs is 3. The van der Waals surface area contributed by atoms with E-state index in [1.165, 1.54) is 6.07 Å². The molecule has 1 aromatic rings. The third-order valence-electron chi connectivity index (χ3n) is 7.28. The van der Waals surface area contributed by atoms with Crippen LogP contribution in [0.4, 0.5) is 5.69 Å². The molecular formula is C25H30N2O7S. The van der Waals surface area contributed by atoms with Gasteiger partial charge in [-0.2, -0.15) is 0 Å². The first-order valence-electron chi connectivity index (χ1n) is 11.6. The summed E-state index contributed by atoms with van der Waals surface area (Å²) < 4.78 is 0. The average molecular weight is 503 g/mol. The van der Waals surface area contributed by atoms with Gasteiger partial charge in [0.1, 0.15) is 22.8 Å². The first kappa shape index (κ1) is 25.3. The van der Waals surface area contributed by atoms with Crippen LogP contribution >= 0.6 is 11.8 Å². The molecule has 10 heteroatoms. The molecule has 0 fully saturated rings. The largest absolute Gasteiger partial charge is 0.510 e. The number of nitrogens with zero attached hydrogens (tertiary/aromatic N) is 1. The van der Waals surface area contributed by atoms with Gasteiger partial charge in [0.15, 0.2) is 11.4 Å². The van der Waals surface area contributed by atoms with Gasteiger partial charge in [0.25, 0.3) is 0 Å². The van der Waals surface area contributed by atoms with Gasteiger partial charge in [-0.3, -0.25) is 14.4 Å². The quantitative estimate of drug-likeness (QED) is 0.298. The van der Waals surface area contributed by atoms with Crippen molar-refractivity contribution in [3.8, 4) is 5.75 Å². The molecule has 0 saturated carbocycles. The zero-order chi connectivity index (χ0) is 25.8. The van der Waals surface area contributed by atoms with Gasteiger partial charge in [0.2, 0.25) is 10.9 Å². The van der Waals surface area contributed by atoms with E-state index in [1.807, 2.05) is 6.92 Å². The van der Waals surface area contributed by atoms with Crippen LogP contribution < -0.4 is 10.6 Å². The lowest BCUT2D eigenvalue weighted by Crippen LogP contribution is -2.62. The lowest BCUT2D eigenvalue weighted by Gasteiger charge is -2.48. The Hall–Kier alpha value is -2.82. The summed E-state index contributed by atoms with van der Waals surface area (Å²) in [7, 11) is 3.60. The Morgan fingerprint density at radius 3 is 2.54 bits per heavy atom. The fraction of sp³-hybridized carbons (Fsp3) is 0.480. The normalized spacial score (nSPS) is 28.0. The highest BCUT2D eigenvalue weighted by atomic mass is 32.2. The van der Waals surface area contributed by atoms with Crippen LogP contribution in [0.5, 0.6) is 5.75 Å². The Balaban J connectivity index is 1.83. The van der Waals surface area contributed by atoms with E-state index in [0.29, 0.717) is 23.4 Å². The second kappa shape index (κ2) is 9.00. The number of anilines is 1. The third-order valence-corrected chi connectivity index (χ3v) is 8.24. The van der Waals surface area contributed by atoms with Gasteiger partial charge in [-0.15, -0.1) is 0 Å². The first-order valence-corrected chi connectivity index (χ1v) is 12.6. The molecule has 0 amide bonds. The molecule has 0 bridgehead atoms. The van der Waals surface area contributed by atoms with E-state index in [0.717, 1.165) is 18.2 Å². The number of unbranched alkanes of at least 4 members (excludes halogenated alkanes) is 1. The van der Waals surface area contributed by atoms with Crippen LogP contribution in [0.2, 0.25) is 0 Å². The van der Waals surface area contributed by atoms with Gasteiger partial charge in [0, 0.05) is 37.0 Å². The Labute approximate surface area is 207 Å². The molecule has 1 aromatic carbocycles. The predicted octanol–water partition coefficient (Wildman–Crippen LogP) is 2.16. The van der Waals surface area contributed by atoms with E-state index in [-0.39, 0.29) is 29.7 Å². The monoisotopic (exact) mass is 502 g/mol. The summed E-state index contributed by atoms with van der Waals surface area (Å²) in [4.78, 5) is 41.6. The molecule has 0 radical (unpaired) electrons. The second-order valence-electron chi connectivity index (χ2n) is 9.56. The van der Waals surface area contributed by atoms with Crippen molar-refractivity contribution in [2.24, 2.45) is 17.6 Å². The highest BCUT2D eigenvalue weighted by molar-refractivity contribution is 8.14. The van der Waals surface area contributed by atoms with Crippen molar-refractivity contribution in [3.63, 3.8) is 0 Å². The number of allylic oxidation sites excluding steroid dienone is 1. The van der Waals surface area contributed by atoms with Crippen molar-refractivity contribution in [1.29, 1.82) is 0 Å². The van der Waals surface area contributed by atoms with Gasteiger partial charge in [0.05, 0.1) is 11.6 Å². The summed E-state index contributed by atoms with van der Waals surface area (Å²) in [6, 6.07) is 1.78. The lowest BCUT2D eigenvalue weighted by atomic mass is 9.59. The number of hydrogen-bond donors (Lipinski definition) is 5. The Morgan fingerprint density at radius 1 is 1.23 bits per heavy atom. The molecule has 9 nitrogen and oxygen atoms in total. The van der Waals surface area contributed by atoms with E-state index in [1.54, 1.807) is 25.1 Å². The smallest absolute Gasteiger partial charge is 0.226 e. The number of phenols is 1. The minimum absolute atomic E-state index is 0.00779. The molecule has 6 N–H and O–H groups in total. The molecule has 0 spiro atoms. The Bertz CT molecular complexity index is 1190. The van der Waals surface area contributed by atoms with Crippen molar-refractivity contribution in [3.05, 3.63) is 45.9 Å². The Morgan fingerprint density at radius 2 is 1.91 bits per heavy atom. The number of thioether (sulfide) groups is 1. The third kappa shape index (κ3) is 3.66. The maximum absolute atomic E-state index is 13.5. The number of Topliss-reactive ketones (excluding diaryl/α,β-unsaturated/α-hetero) is 2. The van der Waals surface area contributed by atoms with Crippen LogP contribution in [0.1, 0.15) is 42.1 Å². The minimum Gasteiger partial charge on any atom is -0.510 e. The van der Waals surface area contributed by atoms with E-state index < -0.39 is 57.3 Å². The van der Waals surface area contributed by atoms with Crippen LogP contribution in [0.25, 0.3) is 0 Å². The van der Waals surface area contributed by atoms with Crippen molar-refractivity contribution in [1.82, 2.24) is 0 Å². The zero-order valence-corrected chi connectivity index (χ0v) is 20.7. The molecule has 4 rings (SSSR count). The number of nitrogens with two attached hydrogens (primary N) is 1. The van der Waals surface area contributed by atoms with Crippen LogP contribution in [0, 0.1) is 11.8 Å². The summed E-state index contributed by atoms with van der Waals surface area (Å²) in [6.45, 7) is 1.94. The number of aliphatic hydroxyl groups is 3. The molecule has 188 valence electrons. The molecule has 35 heavy (non-hydrogen) atoms. The topological polar surface area (TPSA) is 161 Å². The molecular weight excluding hydrogens is 472 g/mol. The van der Waals surface area contributed by atoms with Gasteiger partial charge in [-0.1, -0.05) is 25.1 Å². The number of hydrogen-bond acceptors (Lipinski definition) is 10. The molecule has 3 aliphatic carbocycles. The van der Waals surface area contributed by atoms with Crippen LogP contribution in [0.3, 0.4) is 0 Å². The summed E-state index contributed by atoms with van der Waals surface area (Å²) >= 11 is 0.830. The number of benzene rings is 1. The fourth-order valence-corrected chi connectivity index (χ4v) is 6.42. The molecule has 0 aliphatic heterocycles. The number of carbonyl (C=O) groups is 3. The summed E-state index contributed by atoms with van der Waals surface area (Å²) in [5.41, 5.74) is 4.09. The van der Waals surface area contributed by atoms with Crippen molar-refractivity contribution >= 4 is 34.1 Å². The Kier molecular flexibility index (Phi) is 6.50. The van der Waals surface area contributed by atoms with E-state index in [4.69, 9.17) is 5.73 Å². The molecule has 4 unspecified atom stereocenters. The summed E-state index contributed by atoms with van der Waals surface area (Å²) in [5, 5.41) is 43.2. The van der Waals surface area contributed by atoms with Crippen LogP contribution in [-0.2, 0) is 16.0 Å². The summed E-state index contributed by atoms with van der Waals surface area (Å²) in [6.07, 6.45) is 1.80. The minimum atomic E-state index is -2.63. The van der Waals surface area contributed by atoms with Crippen LogP contribution in [0.15, 0.2) is 34.8 Å². The van der Waals surface area contributed by atoms with E-state index in [2.05, 4.69) is 0 Å². The number of ketones is 2. The van der Waals surface area contributed by atoms with Gasteiger partial charge >= 0.3 is 0 Å². The predicted molar refractivity (Wildman–Crippen MR) is 132 cm³/mol. The van der Waals surface area contributed by atoms with Gasteiger partial charge < -0.3 is 31.1 Å². The van der Waals surface area contributed by atoms with Gasteiger partial charge in [-0.25, -0.2) is 0 Å². The molecule has 4 atom stereocenters. The van der Waals surface area contributed by atoms with Crippen molar-refractivity contribution < 1.29 is 34.8 Å². The zero-order valence-electron chi connectivity index (χ0n) is 19.9. The highest BCUT2D eigenvalue weighted by Crippen LogP contribution is 2.52. The summed E-state index contributed by atoms with van der Waals surface area (Å²) in [5.74, 6) is -4.93. The second-order valence-corrected chi connectivity index (χ2v) is 10.6. The molecule has 3 aliphatic rings. The van der Waals surface area contributed by atoms with Crippen molar-refractivity contribution in [2.75, 3.05) is 24.7 Å². The molecule has 0 saturated heterocycles. The average Bonchev–Trinajstić information content (AvgIpc) is 2.79. The number of rotatable bonds is 5. The number of aliphatic hydroxyl groups excluding tert-OH is 2. The van der Waals surface area contributed by atoms with Crippen molar-refractivity contribution in [2.45, 2.75) is 44.2 Å². The highest BCUT2D eigenvalue weighted by Gasteiger charge is 2.62. The lowest BCUT2D eigenvalue weighted by molar-refractivity contribution is -0.144. The number of aromatic hydroxyl groups is 1. The first-order chi connectivity index (χ1) is 16.5. The maximum atomic E-state index is 13.5. The number of phenolic OH excluding ortho intramolecular Hbond substituents is 1. The standard InChI is InChI=1S/C25H30N2O7S/c1-4-5-8-35-24(33)18-21(30)19(26)13-10-11-9-12-14(27(2)3)6-7-15(28)17(12)20(29)16(11)22(31)25(13,34)23(18)32/h6-7,11,13,19,28,30-31,34H,4-5,8-10,26H2,1-3H3. The van der Waals surface area contributed by atoms with E-state index in [9.17, 15) is 34.8 Å². The molecule has 0 aromatic heterocycles. The molecule has 0 heterocycles. The van der Waals surface area contributed by atoms with Gasteiger partial charge in [-0.05, 0) is 42.9 Å². The SMILES string of the molecule is CCCCSC(=O)C1=C(O)C(N)C2CC3Cc4c(N(C)C)ccc(O)c4C(=O)C3=C(O)C2(O)C1=O. The maximum Gasteiger partial charge on any atom is 0.226 e. The van der Waals surface area contributed by atoms with Crippen LogP contribution in [-0.4, -0.2) is 68.6 Å². The van der Waals surface area contributed by atoms with E-state index >= 15 is 0 Å².